The molecule has 0 aliphatic rings. The van der Waals surface area contributed by atoms with Crippen LogP contribution < -0.4 is 10.6 Å². The van der Waals surface area contributed by atoms with Crippen LogP contribution in [0.15, 0.2) is 42.5 Å². The van der Waals surface area contributed by atoms with E-state index in [2.05, 4.69) is 10.6 Å². The smallest absolute Gasteiger partial charge is 0.233 e. The number of halogens is 3. The lowest BCUT2D eigenvalue weighted by Crippen LogP contribution is -2.27. The van der Waals surface area contributed by atoms with Gasteiger partial charge in [-0.2, -0.15) is 0 Å². The lowest BCUT2D eigenvalue weighted by molar-refractivity contribution is -0.126. The average molecular weight is 372 g/mol. The van der Waals surface area contributed by atoms with Crippen LogP contribution in [0.1, 0.15) is 12.0 Å². The van der Waals surface area contributed by atoms with Crippen molar-refractivity contribution in [3.8, 4) is 0 Å². The Morgan fingerprint density at radius 3 is 2.30 bits per heavy atom. The zero-order valence-corrected chi connectivity index (χ0v) is 14.2. The van der Waals surface area contributed by atoms with Crippen molar-refractivity contribution in [2.24, 2.45) is 0 Å². The second kappa shape index (κ2) is 8.20. The second-order valence-corrected chi connectivity index (χ2v) is 5.95. The van der Waals surface area contributed by atoms with Crippen LogP contribution in [0.2, 0.25) is 15.1 Å². The van der Waals surface area contributed by atoms with Crippen molar-refractivity contribution in [3.63, 3.8) is 0 Å². The van der Waals surface area contributed by atoms with Crippen LogP contribution in [0.5, 0.6) is 0 Å². The number of hydrogen-bond acceptors (Lipinski definition) is 2. The SMILES string of the molecule is O=C(CC(=O)Nc1cccc(Cl)c1Cl)NCc1ccc(Cl)cc1. The molecule has 0 unspecified atom stereocenters. The Morgan fingerprint density at radius 1 is 0.913 bits per heavy atom. The molecule has 0 aromatic heterocycles. The summed E-state index contributed by atoms with van der Waals surface area (Å²) in [5, 5.41) is 6.41. The maximum absolute atomic E-state index is 11.9. The van der Waals surface area contributed by atoms with Crippen molar-refractivity contribution in [3.05, 3.63) is 63.1 Å². The van der Waals surface area contributed by atoms with Crippen LogP contribution in [0.4, 0.5) is 5.69 Å². The third-order valence-electron chi connectivity index (χ3n) is 2.95. The summed E-state index contributed by atoms with van der Waals surface area (Å²) in [5.41, 5.74) is 1.26. The van der Waals surface area contributed by atoms with E-state index in [4.69, 9.17) is 34.8 Å². The van der Waals surface area contributed by atoms with Crippen molar-refractivity contribution in [1.82, 2.24) is 5.32 Å². The highest BCUT2D eigenvalue weighted by molar-refractivity contribution is 6.44. The predicted octanol–water partition coefficient (Wildman–Crippen LogP) is 4.29. The Balaban J connectivity index is 1.84. The summed E-state index contributed by atoms with van der Waals surface area (Å²) in [6.07, 6.45) is -0.309. The fourth-order valence-corrected chi connectivity index (χ4v) is 2.28. The topological polar surface area (TPSA) is 58.2 Å². The molecule has 2 amide bonds. The van der Waals surface area contributed by atoms with Gasteiger partial charge in [0.15, 0.2) is 0 Å². The Kier molecular flexibility index (Phi) is 6.28. The van der Waals surface area contributed by atoms with Crippen LogP contribution in [-0.4, -0.2) is 11.8 Å². The number of benzene rings is 2. The van der Waals surface area contributed by atoms with Gasteiger partial charge in [0.2, 0.25) is 11.8 Å². The lowest BCUT2D eigenvalue weighted by atomic mass is 10.2. The van der Waals surface area contributed by atoms with E-state index in [1.54, 1.807) is 42.5 Å². The van der Waals surface area contributed by atoms with Crippen molar-refractivity contribution in [2.75, 3.05) is 5.32 Å². The molecule has 0 fully saturated rings. The van der Waals surface area contributed by atoms with Crippen LogP contribution in [0.25, 0.3) is 0 Å². The maximum Gasteiger partial charge on any atom is 0.233 e. The minimum Gasteiger partial charge on any atom is -0.352 e. The molecule has 120 valence electrons. The molecule has 0 heterocycles. The van der Waals surface area contributed by atoms with Gasteiger partial charge in [-0.3, -0.25) is 9.59 Å². The van der Waals surface area contributed by atoms with Gasteiger partial charge in [-0.1, -0.05) is 53.0 Å². The van der Waals surface area contributed by atoms with Gasteiger partial charge in [0.25, 0.3) is 0 Å². The van der Waals surface area contributed by atoms with Crippen LogP contribution >= 0.6 is 34.8 Å². The molecule has 0 radical (unpaired) electrons. The largest absolute Gasteiger partial charge is 0.352 e. The molecule has 2 aromatic rings. The zero-order valence-electron chi connectivity index (χ0n) is 11.9. The average Bonchev–Trinajstić information content (AvgIpc) is 2.51. The van der Waals surface area contributed by atoms with Crippen LogP contribution in [0.3, 0.4) is 0 Å². The fourth-order valence-electron chi connectivity index (χ4n) is 1.81. The van der Waals surface area contributed by atoms with E-state index in [9.17, 15) is 9.59 Å². The first-order valence-electron chi connectivity index (χ1n) is 6.70. The highest BCUT2D eigenvalue weighted by atomic mass is 35.5. The van der Waals surface area contributed by atoms with Gasteiger partial charge in [0.1, 0.15) is 6.42 Å². The summed E-state index contributed by atoms with van der Waals surface area (Å²) in [6, 6.07) is 11.9. The van der Waals surface area contributed by atoms with E-state index in [1.807, 2.05) is 0 Å². The van der Waals surface area contributed by atoms with Crippen molar-refractivity contribution >= 4 is 52.3 Å². The van der Waals surface area contributed by atoms with Gasteiger partial charge in [-0.15, -0.1) is 0 Å². The Labute approximate surface area is 148 Å². The summed E-state index contributed by atoms with van der Waals surface area (Å²) in [6.45, 7) is 0.321. The lowest BCUT2D eigenvalue weighted by Gasteiger charge is -2.09. The number of carbonyl (C=O) groups excluding carboxylic acids is 2. The van der Waals surface area contributed by atoms with E-state index in [1.165, 1.54) is 0 Å². The van der Waals surface area contributed by atoms with Gasteiger partial charge < -0.3 is 10.6 Å². The van der Waals surface area contributed by atoms with Gasteiger partial charge >= 0.3 is 0 Å². The van der Waals surface area contributed by atoms with Gasteiger partial charge in [0, 0.05) is 11.6 Å². The van der Waals surface area contributed by atoms with Crippen molar-refractivity contribution < 1.29 is 9.59 Å². The summed E-state index contributed by atoms with van der Waals surface area (Å²) < 4.78 is 0. The number of carbonyl (C=O) groups is 2. The molecule has 0 bridgehead atoms. The normalized spacial score (nSPS) is 10.2. The highest BCUT2D eigenvalue weighted by Crippen LogP contribution is 2.29. The van der Waals surface area contributed by atoms with E-state index in [0.29, 0.717) is 22.3 Å². The first kappa shape index (κ1) is 17.6. The molecule has 0 atom stereocenters. The van der Waals surface area contributed by atoms with E-state index < -0.39 is 11.8 Å². The summed E-state index contributed by atoms with van der Waals surface area (Å²) in [4.78, 5) is 23.6. The predicted molar refractivity (Wildman–Crippen MR) is 93.0 cm³/mol. The molecule has 0 saturated carbocycles. The van der Waals surface area contributed by atoms with Gasteiger partial charge in [-0.05, 0) is 29.8 Å². The molecule has 2 rings (SSSR count). The molecule has 4 nitrogen and oxygen atoms in total. The van der Waals surface area contributed by atoms with Gasteiger partial charge in [0.05, 0.1) is 15.7 Å². The second-order valence-electron chi connectivity index (χ2n) is 4.73. The first-order chi connectivity index (χ1) is 11.0. The molecule has 7 heteroatoms. The molecule has 2 N–H and O–H groups in total. The van der Waals surface area contributed by atoms with Crippen LogP contribution in [-0.2, 0) is 16.1 Å². The summed E-state index contributed by atoms with van der Waals surface area (Å²) >= 11 is 17.6. The Morgan fingerprint density at radius 2 is 1.61 bits per heavy atom. The third-order valence-corrected chi connectivity index (χ3v) is 4.02. The molecular formula is C16H13Cl3N2O2. The van der Waals surface area contributed by atoms with Crippen molar-refractivity contribution in [1.29, 1.82) is 0 Å². The Bertz CT molecular complexity index is 718. The summed E-state index contributed by atoms with van der Waals surface area (Å²) in [5.74, 6) is -0.863. The van der Waals surface area contributed by atoms with E-state index in [-0.39, 0.29) is 11.4 Å². The minimum atomic E-state index is -0.470. The number of nitrogens with one attached hydrogen (secondary N) is 2. The number of anilines is 1. The number of rotatable bonds is 5. The minimum absolute atomic E-state index is 0.240. The quantitative estimate of drug-likeness (QED) is 0.770. The van der Waals surface area contributed by atoms with Crippen molar-refractivity contribution in [2.45, 2.75) is 13.0 Å². The number of amides is 2. The molecule has 0 aliphatic heterocycles. The highest BCUT2D eigenvalue weighted by Gasteiger charge is 2.12. The third kappa shape index (κ3) is 5.43. The number of hydrogen-bond donors (Lipinski definition) is 2. The first-order valence-corrected chi connectivity index (χ1v) is 7.84. The molecular weight excluding hydrogens is 359 g/mol. The van der Waals surface area contributed by atoms with E-state index >= 15 is 0 Å². The Hall–Kier alpha value is -1.75. The monoisotopic (exact) mass is 370 g/mol. The molecule has 2 aromatic carbocycles. The van der Waals surface area contributed by atoms with Crippen LogP contribution in [0, 0.1) is 0 Å². The summed E-state index contributed by atoms with van der Waals surface area (Å²) in [7, 11) is 0. The zero-order chi connectivity index (χ0) is 16.8. The molecule has 0 saturated heterocycles. The van der Waals surface area contributed by atoms with E-state index in [0.717, 1.165) is 5.56 Å². The fraction of sp³-hybridized carbons (Fsp3) is 0.125. The maximum atomic E-state index is 11.9. The van der Waals surface area contributed by atoms with Gasteiger partial charge in [-0.25, -0.2) is 0 Å². The standard InChI is InChI=1S/C16H13Cl3N2O2/c17-11-6-4-10(5-7-11)9-20-14(22)8-15(23)21-13-3-1-2-12(18)16(13)19/h1-7H,8-9H2,(H,20,22)(H,21,23). The molecule has 0 spiro atoms. The molecule has 0 aliphatic carbocycles. The molecule has 23 heavy (non-hydrogen) atoms.